The Kier molecular flexibility index (Phi) is 3.90. The summed E-state index contributed by atoms with van der Waals surface area (Å²) in [5.74, 6) is -1.43. The summed E-state index contributed by atoms with van der Waals surface area (Å²) >= 11 is 0. The van der Waals surface area contributed by atoms with Crippen molar-refractivity contribution < 1.29 is 9.59 Å². The van der Waals surface area contributed by atoms with Gasteiger partial charge in [0.05, 0.1) is 29.3 Å². The fourth-order valence-electron chi connectivity index (χ4n) is 4.23. The average molecular weight is 366 g/mol. The predicted octanol–water partition coefficient (Wildman–Crippen LogP) is 4.04. The van der Waals surface area contributed by atoms with Crippen LogP contribution < -0.4 is 4.90 Å². The maximum Gasteiger partial charge on any atom is 0.243 e. The molecule has 0 N–H and O–H groups in total. The van der Waals surface area contributed by atoms with Gasteiger partial charge in [-0.15, -0.1) is 0 Å². The van der Waals surface area contributed by atoms with E-state index in [2.05, 4.69) is 0 Å². The number of hydrogen-bond donors (Lipinski definition) is 0. The standard InChI is InChI=1S/C24H18N2O2/c27-23-19-20(24(28)26(23)18-14-8-3-9-15-18)22(17-12-6-2-7-13-17)25-21(19)16-10-4-1-5-11-16/h1-15,19-21H/t19-,20+,21+/m1/s1. The van der Waals surface area contributed by atoms with Crippen molar-refractivity contribution >= 4 is 23.2 Å². The number of nitrogens with zero attached hydrogens (tertiary/aromatic N) is 2. The molecular formula is C24H18N2O2. The van der Waals surface area contributed by atoms with Crippen LogP contribution in [0.25, 0.3) is 0 Å². The Morgan fingerprint density at radius 3 is 1.89 bits per heavy atom. The molecule has 0 aliphatic carbocycles. The molecule has 0 unspecified atom stereocenters. The minimum Gasteiger partial charge on any atom is -0.279 e. The van der Waals surface area contributed by atoms with Crippen molar-refractivity contribution in [3.8, 4) is 0 Å². The Morgan fingerprint density at radius 1 is 0.679 bits per heavy atom. The highest BCUT2D eigenvalue weighted by molar-refractivity contribution is 6.32. The molecule has 2 amide bonds. The highest BCUT2D eigenvalue weighted by Gasteiger charge is 2.57. The molecule has 2 aliphatic heterocycles. The SMILES string of the molecule is O=C1[C@@H]2C(c3ccccc3)=N[C@@H](c3ccccc3)[C@@H]2C(=O)N1c1ccccc1. The number of fused-ring (bicyclic) bond motifs is 1. The van der Waals surface area contributed by atoms with E-state index in [0.29, 0.717) is 11.4 Å². The van der Waals surface area contributed by atoms with Gasteiger partial charge in [-0.3, -0.25) is 14.6 Å². The number of anilines is 1. The van der Waals surface area contributed by atoms with Crippen LogP contribution in [0.2, 0.25) is 0 Å². The van der Waals surface area contributed by atoms with Crippen molar-refractivity contribution in [2.24, 2.45) is 16.8 Å². The molecular weight excluding hydrogens is 348 g/mol. The molecule has 2 heterocycles. The lowest BCUT2D eigenvalue weighted by Crippen LogP contribution is -2.33. The van der Waals surface area contributed by atoms with Gasteiger partial charge in [0, 0.05) is 0 Å². The summed E-state index contributed by atoms with van der Waals surface area (Å²) in [5, 5.41) is 0. The Morgan fingerprint density at radius 2 is 1.25 bits per heavy atom. The third-order valence-corrected chi connectivity index (χ3v) is 5.49. The second-order valence-corrected chi connectivity index (χ2v) is 7.09. The smallest absolute Gasteiger partial charge is 0.243 e. The number of carbonyl (C=O) groups excluding carboxylic acids is 2. The van der Waals surface area contributed by atoms with E-state index in [-0.39, 0.29) is 17.9 Å². The van der Waals surface area contributed by atoms with Crippen LogP contribution in [-0.2, 0) is 9.59 Å². The van der Waals surface area contributed by atoms with Gasteiger partial charge in [-0.1, -0.05) is 78.9 Å². The molecule has 1 fully saturated rings. The average Bonchev–Trinajstić information content (AvgIpc) is 3.27. The molecule has 136 valence electrons. The summed E-state index contributed by atoms with van der Waals surface area (Å²) in [6.45, 7) is 0. The number of imide groups is 1. The minimum absolute atomic E-state index is 0.176. The zero-order chi connectivity index (χ0) is 19.1. The van der Waals surface area contributed by atoms with Crippen molar-refractivity contribution in [1.29, 1.82) is 0 Å². The second kappa shape index (κ2) is 6.57. The third kappa shape index (κ3) is 2.49. The molecule has 4 heteroatoms. The largest absolute Gasteiger partial charge is 0.279 e. The molecule has 0 bridgehead atoms. The summed E-state index contributed by atoms with van der Waals surface area (Å²) < 4.78 is 0. The van der Waals surface area contributed by atoms with Gasteiger partial charge in [-0.25, -0.2) is 4.90 Å². The van der Waals surface area contributed by atoms with Crippen molar-refractivity contribution in [2.75, 3.05) is 4.90 Å². The van der Waals surface area contributed by atoms with Crippen LogP contribution in [-0.4, -0.2) is 17.5 Å². The Balaban J connectivity index is 1.64. The molecule has 5 rings (SSSR count). The number of benzene rings is 3. The van der Waals surface area contributed by atoms with Crippen molar-refractivity contribution in [1.82, 2.24) is 0 Å². The van der Waals surface area contributed by atoms with E-state index < -0.39 is 11.8 Å². The lowest BCUT2D eigenvalue weighted by Gasteiger charge is -2.18. The Hall–Kier alpha value is -3.53. The summed E-state index contributed by atoms with van der Waals surface area (Å²) in [4.78, 5) is 33.0. The number of aliphatic imine (C=N–C) groups is 1. The van der Waals surface area contributed by atoms with Crippen molar-refractivity contribution in [3.05, 3.63) is 102 Å². The third-order valence-electron chi connectivity index (χ3n) is 5.49. The molecule has 2 aliphatic rings. The molecule has 0 aromatic heterocycles. The summed E-state index contributed by atoms with van der Waals surface area (Å²) in [6, 6.07) is 28.3. The van der Waals surface area contributed by atoms with E-state index in [9.17, 15) is 9.59 Å². The normalized spacial score (nSPS) is 23.6. The number of rotatable bonds is 3. The van der Waals surface area contributed by atoms with Crippen LogP contribution in [0.3, 0.4) is 0 Å². The molecule has 0 saturated carbocycles. The van der Waals surface area contributed by atoms with E-state index >= 15 is 0 Å². The minimum atomic E-state index is -0.555. The first-order chi connectivity index (χ1) is 13.8. The molecule has 3 aromatic rings. The molecule has 3 atom stereocenters. The molecule has 0 radical (unpaired) electrons. The Labute approximate surface area is 163 Å². The zero-order valence-corrected chi connectivity index (χ0v) is 15.1. The fraction of sp³-hybridized carbons (Fsp3) is 0.125. The van der Waals surface area contributed by atoms with E-state index in [1.165, 1.54) is 4.90 Å². The van der Waals surface area contributed by atoms with Crippen LogP contribution in [0.15, 0.2) is 96.0 Å². The quantitative estimate of drug-likeness (QED) is 0.657. The van der Waals surface area contributed by atoms with Gasteiger partial charge >= 0.3 is 0 Å². The fourth-order valence-corrected chi connectivity index (χ4v) is 4.23. The lowest BCUT2D eigenvalue weighted by atomic mass is 9.84. The van der Waals surface area contributed by atoms with E-state index in [1.54, 1.807) is 12.1 Å². The summed E-state index contributed by atoms with van der Waals surface area (Å²) in [7, 11) is 0. The number of carbonyl (C=O) groups is 2. The second-order valence-electron chi connectivity index (χ2n) is 7.09. The van der Waals surface area contributed by atoms with Gasteiger partial charge in [-0.2, -0.15) is 0 Å². The van der Waals surface area contributed by atoms with Crippen molar-refractivity contribution in [2.45, 2.75) is 6.04 Å². The summed E-state index contributed by atoms with van der Waals surface area (Å²) in [6.07, 6.45) is 0. The lowest BCUT2D eigenvalue weighted by molar-refractivity contribution is -0.122. The highest BCUT2D eigenvalue weighted by atomic mass is 16.2. The van der Waals surface area contributed by atoms with Gasteiger partial charge in [-0.05, 0) is 23.3 Å². The topological polar surface area (TPSA) is 49.7 Å². The van der Waals surface area contributed by atoms with Gasteiger partial charge in [0.2, 0.25) is 11.8 Å². The maximum absolute atomic E-state index is 13.4. The number of amides is 2. The van der Waals surface area contributed by atoms with Gasteiger partial charge in [0.1, 0.15) is 0 Å². The first-order valence-corrected chi connectivity index (χ1v) is 9.36. The molecule has 0 spiro atoms. The molecule has 3 aromatic carbocycles. The molecule has 1 saturated heterocycles. The zero-order valence-electron chi connectivity index (χ0n) is 15.1. The van der Waals surface area contributed by atoms with Gasteiger partial charge < -0.3 is 0 Å². The van der Waals surface area contributed by atoms with Crippen LogP contribution >= 0.6 is 0 Å². The van der Waals surface area contributed by atoms with Crippen LogP contribution in [0.1, 0.15) is 17.2 Å². The Bertz CT molecular complexity index is 1060. The number of para-hydroxylation sites is 1. The first kappa shape index (κ1) is 16.6. The molecule has 4 nitrogen and oxygen atoms in total. The van der Waals surface area contributed by atoms with Crippen molar-refractivity contribution in [3.63, 3.8) is 0 Å². The van der Waals surface area contributed by atoms with E-state index in [1.807, 2.05) is 78.9 Å². The molecule has 28 heavy (non-hydrogen) atoms. The van der Waals surface area contributed by atoms with Gasteiger partial charge in [0.15, 0.2) is 0 Å². The number of hydrogen-bond acceptors (Lipinski definition) is 3. The van der Waals surface area contributed by atoms with E-state index in [4.69, 9.17) is 4.99 Å². The monoisotopic (exact) mass is 366 g/mol. The first-order valence-electron chi connectivity index (χ1n) is 9.36. The highest BCUT2D eigenvalue weighted by Crippen LogP contribution is 2.47. The van der Waals surface area contributed by atoms with Crippen LogP contribution in [0.4, 0.5) is 5.69 Å². The van der Waals surface area contributed by atoms with E-state index in [0.717, 1.165) is 11.1 Å². The van der Waals surface area contributed by atoms with Crippen LogP contribution in [0.5, 0.6) is 0 Å². The predicted molar refractivity (Wildman–Crippen MR) is 108 cm³/mol. The van der Waals surface area contributed by atoms with Crippen LogP contribution in [0, 0.1) is 11.8 Å². The van der Waals surface area contributed by atoms with Gasteiger partial charge in [0.25, 0.3) is 0 Å². The maximum atomic E-state index is 13.4. The summed E-state index contributed by atoms with van der Waals surface area (Å²) in [5.41, 5.74) is 3.17.